The van der Waals surface area contributed by atoms with E-state index in [1.807, 2.05) is 0 Å². The standard InChI is InChI=1S/C11H12F2O3/c1-3-6-4-7(9(13)8(12)5-6)10(14)11(15)16-2/h4-5,10,14H,3H2,1-2H3. The van der Waals surface area contributed by atoms with Crippen LogP contribution in [0.3, 0.4) is 0 Å². The molecule has 0 radical (unpaired) electrons. The number of carbonyl (C=O) groups excluding carboxylic acids is 1. The summed E-state index contributed by atoms with van der Waals surface area (Å²) in [5.41, 5.74) is 0.0977. The van der Waals surface area contributed by atoms with Crippen LogP contribution in [0.2, 0.25) is 0 Å². The van der Waals surface area contributed by atoms with E-state index >= 15 is 0 Å². The number of aliphatic hydroxyl groups excluding tert-OH is 1. The molecule has 1 rings (SSSR count). The molecule has 16 heavy (non-hydrogen) atoms. The molecular formula is C11H12F2O3. The van der Waals surface area contributed by atoms with Gasteiger partial charge in [0.2, 0.25) is 0 Å². The third-order valence-corrected chi connectivity index (χ3v) is 2.24. The lowest BCUT2D eigenvalue weighted by Crippen LogP contribution is -2.16. The quantitative estimate of drug-likeness (QED) is 0.804. The van der Waals surface area contributed by atoms with Crippen molar-refractivity contribution in [2.75, 3.05) is 7.11 Å². The second-order valence-electron chi connectivity index (χ2n) is 3.26. The van der Waals surface area contributed by atoms with E-state index in [1.54, 1.807) is 6.92 Å². The Morgan fingerprint density at radius 1 is 1.50 bits per heavy atom. The maximum absolute atomic E-state index is 13.3. The van der Waals surface area contributed by atoms with Crippen LogP contribution in [0.1, 0.15) is 24.2 Å². The van der Waals surface area contributed by atoms with E-state index < -0.39 is 29.3 Å². The van der Waals surface area contributed by atoms with Gasteiger partial charge in [0.1, 0.15) is 0 Å². The van der Waals surface area contributed by atoms with E-state index in [1.165, 1.54) is 6.07 Å². The molecule has 0 spiro atoms. The largest absolute Gasteiger partial charge is 0.467 e. The van der Waals surface area contributed by atoms with Crippen LogP contribution in [0.15, 0.2) is 12.1 Å². The van der Waals surface area contributed by atoms with Crippen molar-refractivity contribution in [2.24, 2.45) is 0 Å². The van der Waals surface area contributed by atoms with Crippen molar-refractivity contribution in [3.63, 3.8) is 0 Å². The number of hydrogen-bond acceptors (Lipinski definition) is 3. The van der Waals surface area contributed by atoms with Crippen molar-refractivity contribution in [3.05, 3.63) is 34.9 Å². The zero-order chi connectivity index (χ0) is 12.3. The zero-order valence-electron chi connectivity index (χ0n) is 8.96. The Morgan fingerprint density at radius 3 is 2.62 bits per heavy atom. The Balaban J connectivity index is 3.21. The first-order valence-corrected chi connectivity index (χ1v) is 4.75. The third kappa shape index (κ3) is 2.36. The molecule has 1 aromatic rings. The molecule has 0 bridgehead atoms. The summed E-state index contributed by atoms with van der Waals surface area (Å²) in [6, 6.07) is 2.28. The van der Waals surface area contributed by atoms with Gasteiger partial charge in [0, 0.05) is 5.56 Å². The number of benzene rings is 1. The first-order chi connectivity index (χ1) is 7.51. The van der Waals surface area contributed by atoms with E-state index in [9.17, 15) is 18.7 Å². The molecule has 3 nitrogen and oxygen atoms in total. The third-order valence-electron chi connectivity index (χ3n) is 2.24. The molecule has 0 saturated heterocycles. The molecule has 1 unspecified atom stereocenters. The first-order valence-electron chi connectivity index (χ1n) is 4.75. The molecule has 0 saturated carbocycles. The highest BCUT2D eigenvalue weighted by atomic mass is 19.2. The smallest absolute Gasteiger partial charge is 0.339 e. The Morgan fingerprint density at radius 2 is 2.12 bits per heavy atom. The summed E-state index contributed by atoms with van der Waals surface area (Å²) in [5.74, 6) is -3.33. The van der Waals surface area contributed by atoms with Crippen LogP contribution in [0.5, 0.6) is 0 Å². The van der Waals surface area contributed by atoms with Gasteiger partial charge < -0.3 is 9.84 Å². The summed E-state index contributed by atoms with van der Waals surface area (Å²) in [6.07, 6.45) is -1.33. The van der Waals surface area contributed by atoms with E-state index in [4.69, 9.17) is 0 Å². The van der Waals surface area contributed by atoms with E-state index in [0.29, 0.717) is 12.0 Å². The molecule has 88 valence electrons. The number of ether oxygens (including phenoxy) is 1. The molecule has 5 heteroatoms. The Labute approximate surface area is 91.7 Å². The number of halogens is 2. The van der Waals surface area contributed by atoms with Gasteiger partial charge in [-0.25, -0.2) is 13.6 Å². The maximum atomic E-state index is 13.3. The van der Waals surface area contributed by atoms with Gasteiger partial charge in [-0.2, -0.15) is 0 Å². The second-order valence-corrected chi connectivity index (χ2v) is 3.26. The van der Waals surface area contributed by atoms with Crippen molar-refractivity contribution < 1.29 is 23.4 Å². The van der Waals surface area contributed by atoms with Crippen LogP contribution in [-0.2, 0) is 16.0 Å². The highest BCUT2D eigenvalue weighted by Gasteiger charge is 2.24. The van der Waals surface area contributed by atoms with Gasteiger partial charge in [0.25, 0.3) is 0 Å². The lowest BCUT2D eigenvalue weighted by Gasteiger charge is -2.11. The first kappa shape index (κ1) is 12.6. The number of aliphatic hydroxyl groups is 1. The van der Waals surface area contributed by atoms with Crippen molar-refractivity contribution in [2.45, 2.75) is 19.4 Å². The van der Waals surface area contributed by atoms with Crippen molar-refractivity contribution in [1.82, 2.24) is 0 Å². The van der Waals surface area contributed by atoms with Gasteiger partial charge in [-0.1, -0.05) is 6.92 Å². The summed E-state index contributed by atoms with van der Waals surface area (Å²) in [5, 5.41) is 9.43. The minimum absolute atomic E-state index is 0.399. The lowest BCUT2D eigenvalue weighted by atomic mass is 10.0. The van der Waals surface area contributed by atoms with E-state index in [-0.39, 0.29) is 0 Å². The average Bonchev–Trinajstić information content (AvgIpc) is 2.30. The summed E-state index contributed by atoms with van der Waals surface area (Å²) in [6.45, 7) is 1.75. The minimum Gasteiger partial charge on any atom is -0.467 e. The molecule has 1 aromatic carbocycles. The molecule has 0 fully saturated rings. The van der Waals surface area contributed by atoms with Crippen LogP contribution < -0.4 is 0 Å². The van der Waals surface area contributed by atoms with Crippen LogP contribution in [0.4, 0.5) is 8.78 Å². The molecule has 0 heterocycles. The van der Waals surface area contributed by atoms with E-state index in [0.717, 1.165) is 13.2 Å². The van der Waals surface area contributed by atoms with E-state index in [2.05, 4.69) is 4.74 Å². The Bertz CT molecular complexity index is 404. The molecule has 0 amide bonds. The van der Waals surface area contributed by atoms with Crippen molar-refractivity contribution in [1.29, 1.82) is 0 Å². The van der Waals surface area contributed by atoms with Gasteiger partial charge in [-0.15, -0.1) is 0 Å². The summed E-state index contributed by atoms with van der Waals surface area (Å²) in [7, 11) is 1.06. The van der Waals surface area contributed by atoms with Gasteiger partial charge >= 0.3 is 5.97 Å². The van der Waals surface area contributed by atoms with Gasteiger partial charge in [-0.3, -0.25) is 0 Å². The van der Waals surface area contributed by atoms with Crippen LogP contribution in [0, 0.1) is 11.6 Å². The van der Waals surface area contributed by atoms with Gasteiger partial charge in [0.15, 0.2) is 17.7 Å². The summed E-state index contributed by atoms with van der Waals surface area (Å²) in [4.78, 5) is 11.0. The van der Waals surface area contributed by atoms with Gasteiger partial charge in [0.05, 0.1) is 7.11 Å². The minimum atomic E-state index is -1.80. The van der Waals surface area contributed by atoms with Crippen LogP contribution >= 0.6 is 0 Å². The van der Waals surface area contributed by atoms with Crippen molar-refractivity contribution >= 4 is 5.97 Å². The molecule has 0 aliphatic carbocycles. The average molecular weight is 230 g/mol. The number of hydrogen-bond donors (Lipinski definition) is 1. The van der Waals surface area contributed by atoms with Crippen molar-refractivity contribution in [3.8, 4) is 0 Å². The second kappa shape index (κ2) is 5.03. The molecule has 1 N–H and O–H groups in total. The maximum Gasteiger partial charge on any atom is 0.339 e. The topological polar surface area (TPSA) is 46.5 Å². The summed E-state index contributed by atoms with van der Waals surface area (Å²) < 4.78 is 30.7. The fraction of sp³-hybridized carbons (Fsp3) is 0.364. The predicted molar refractivity (Wildman–Crippen MR) is 52.7 cm³/mol. The fourth-order valence-electron chi connectivity index (χ4n) is 1.31. The monoisotopic (exact) mass is 230 g/mol. The molecule has 0 aromatic heterocycles. The number of aryl methyl sites for hydroxylation is 1. The SMILES string of the molecule is CCc1cc(F)c(F)c(C(O)C(=O)OC)c1. The molecule has 0 aliphatic heterocycles. The zero-order valence-corrected chi connectivity index (χ0v) is 8.96. The molecule has 0 aliphatic rings. The fourth-order valence-corrected chi connectivity index (χ4v) is 1.31. The highest BCUT2D eigenvalue weighted by Crippen LogP contribution is 2.22. The highest BCUT2D eigenvalue weighted by molar-refractivity contribution is 5.76. The lowest BCUT2D eigenvalue weighted by molar-refractivity contribution is -0.150. The van der Waals surface area contributed by atoms with Crippen LogP contribution in [0.25, 0.3) is 0 Å². The summed E-state index contributed by atoms with van der Waals surface area (Å²) >= 11 is 0. The number of esters is 1. The van der Waals surface area contributed by atoms with Crippen LogP contribution in [-0.4, -0.2) is 18.2 Å². The Kier molecular flexibility index (Phi) is 3.95. The molecular weight excluding hydrogens is 218 g/mol. The number of rotatable bonds is 3. The van der Waals surface area contributed by atoms with Gasteiger partial charge in [-0.05, 0) is 24.1 Å². The normalized spacial score (nSPS) is 12.3. The Hall–Kier alpha value is -1.49. The number of methoxy groups -OCH3 is 1. The number of carbonyl (C=O) groups is 1. The molecule has 1 atom stereocenters. The predicted octanol–water partition coefficient (Wildman–Crippen LogP) is 1.73.